The molecule has 2 unspecified atom stereocenters. The average Bonchev–Trinajstić information content (AvgIpc) is 1.82. The number of rotatable bonds is 1. The van der Waals surface area contributed by atoms with Crippen LogP contribution >= 0.6 is 65.4 Å². The highest BCUT2D eigenvalue weighted by Crippen LogP contribution is 2.40. The molecule has 1 saturated heterocycles. The second-order valence-corrected chi connectivity index (χ2v) is 37.6. The van der Waals surface area contributed by atoms with E-state index in [-0.39, 0.29) is 0 Å². The molecule has 72 valence electrons. The predicted molar refractivity (Wildman–Crippen MR) is 82.4 cm³/mol. The molecule has 0 aromatic heterocycles. The van der Waals surface area contributed by atoms with E-state index in [4.69, 9.17) is 0 Å². The Kier molecular flexibility index (Phi) is 5.11. The van der Waals surface area contributed by atoms with Crippen molar-refractivity contribution in [2.75, 3.05) is 0 Å². The summed E-state index contributed by atoms with van der Waals surface area (Å²) in [4.78, 5) is 0. The fourth-order valence-corrected chi connectivity index (χ4v) is 11.7. The molecule has 0 amide bonds. The Bertz CT molecular complexity index is 149. The van der Waals surface area contributed by atoms with Gasteiger partial charge in [0.1, 0.15) is 0 Å². The highest BCUT2D eigenvalue weighted by molar-refractivity contribution is 14.4. The molecule has 1 rings (SSSR count). The monoisotopic (exact) mass is 521 g/mol. The maximum absolute atomic E-state index is 2.76. The lowest BCUT2D eigenvalue weighted by Gasteiger charge is -2.43. The minimum atomic E-state index is -1.14. The lowest BCUT2D eigenvalue weighted by atomic mass is 10.0. The van der Waals surface area contributed by atoms with Crippen molar-refractivity contribution >= 4 is 66.1 Å². The number of hydrogen-bond donors (Lipinski definition) is 0. The van der Waals surface area contributed by atoms with E-state index < -0.39 is 0.725 Å². The first-order chi connectivity index (χ1) is 5.43. The molecular weight excluding hydrogens is 507 g/mol. The second-order valence-electron chi connectivity index (χ2n) is 3.50. The maximum Gasteiger partial charge on any atom is 0.329 e. The first kappa shape index (κ1) is 12.4. The Balaban J connectivity index is 2.69. The molecule has 0 radical (unpaired) electrons. The number of hydrogen-bond acceptors (Lipinski definition) is 1. The summed E-state index contributed by atoms with van der Waals surface area (Å²) in [7, 11) is 0. The van der Waals surface area contributed by atoms with Gasteiger partial charge in [-0.2, -0.15) is 0 Å². The molecule has 5 heteroatoms. The Morgan fingerprint density at radius 2 is 1.50 bits per heavy atom. The third kappa shape index (κ3) is 3.19. The lowest BCUT2D eigenvalue weighted by molar-refractivity contribution is 0.209. The van der Waals surface area contributed by atoms with E-state index in [9.17, 15) is 0 Å². The fraction of sp³-hybridized carbons (Fsp3) is 1.00. The molecule has 1 aliphatic heterocycles. The van der Waals surface area contributed by atoms with Crippen LogP contribution in [0.4, 0.5) is 0 Å². The highest BCUT2D eigenvalue weighted by atomic mass is 127. The van der Waals surface area contributed by atoms with Crippen LogP contribution in [-0.2, 0) is 0 Å². The van der Waals surface area contributed by atoms with Crippen LogP contribution in [0.3, 0.4) is 0 Å². The first-order valence-electron chi connectivity index (χ1n) is 4.28. The van der Waals surface area contributed by atoms with E-state index >= 15 is 0 Å². The highest BCUT2D eigenvalue weighted by Gasteiger charge is 2.39. The molecule has 1 aliphatic rings. The molecule has 1 fully saturated rings. The summed E-state index contributed by atoms with van der Waals surface area (Å²) in [6.07, 6.45) is 4.22. The van der Waals surface area contributed by atoms with Crippen LogP contribution in [0.5, 0.6) is 0 Å². The van der Waals surface area contributed by atoms with Gasteiger partial charge in [-0.1, -0.05) is 85.7 Å². The minimum Gasteiger partial charge on any atom is -0.295 e. The smallest absolute Gasteiger partial charge is 0.295 e. The molecule has 0 bridgehead atoms. The normalized spacial score (nSPS) is 33.8. The molecule has 0 saturated carbocycles. The first-order valence-corrected chi connectivity index (χ1v) is 15.6. The standard InChI is InChI=1S/C7H14I3NSi/c1-6-4-3-5-7(2)11(6)12(8,9)10/h6-7H,3-5H2,1-2H3. The van der Waals surface area contributed by atoms with Gasteiger partial charge in [0.15, 0.2) is 0 Å². The molecule has 1 nitrogen and oxygen atoms in total. The largest absolute Gasteiger partial charge is 0.329 e. The summed E-state index contributed by atoms with van der Waals surface area (Å²) in [5.74, 6) is 0. The van der Waals surface area contributed by atoms with Crippen molar-refractivity contribution in [1.82, 2.24) is 4.57 Å². The van der Waals surface area contributed by atoms with Gasteiger partial charge in [0.05, 0.1) is 0 Å². The van der Waals surface area contributed by atoms with E-state index in [0.29, 0.717) is 0 Å². The van der Waals surface area contributed by atoms with Gasteiger partial charge in [0.25, 0.3) is 0 Å². The predicted octanol–water partition coefficient (Wildman–Crippen LogP) is 3.99. The third-order valence-corrected chi connectivity index (χ3v) is 8.97. The molecule has 0 N–H and O–H groups in total. The summed E-state index contributed by atoms with van der Waals surface area (Å²) in [6.45, 7) is 4.76. The van der Waals surface area contributed by atoms with Crippen molar-refractivity contribution in [2.24, 2.45) is 0 Å². The second kappa shape index (κ2) is 4.93. The van der Waals surface area contributed by atoms with E-state index in [1.54, 1.807) is 0 Å². The molecule has 0 aromatic rings. The van der Waals surface area contributed by atoms with Crippen molar-refractivity contribution in [1.29, 1.82) is 0 Å². The zero-order chi connectivity index (χ0) is 9.35. The van der Waals surface area contributed by atoms with Crippen molar-refractivity contribution in [2.45, 2.75) is 45.2 Å². The molecular formula is C7H14I3NSi. The lowest BCUT2D eigenvalue weighted by Crippen LogP contribution is -2.52. The van der Waals surface area contributed by atoms with Gasteiger partial charge in [-0.15, -0.1) is 0 Å². The van der Waals surface area contributed by atoms with Crippen LogP contribution in [0.25, 0.3) is 0 Å². The Morgan fingerprint density at radius 1 is 1.08 bits per heavy atom. The van der Waals surface area contributed by atoms with E-state index in [0.717, 1.165) is 12.1 Å². The van der Waals surface area contributed by atoms with Crippen LogP contribution in [-0.4, -0.2) is 17.4 Å². The average molecular weight is 521 g/mol. The van der Waals surface area contributed by atoms with Crippen molar-refractivity contribution in [3.8, 4) is 0 Å². The van der Waals surface area contributed by atoms with Crippen molar-refractivity contribution < 1.29 is 0 Å². The summed E-state index contributed by atoms with van der Waals surface area (Å²) in [6, 6.07) is 1.62. The van der Waals surface area contributed by atoms with Crippen LogP contribution in [0.15, 0.2) is 0 Å². The number of halogens is 3. The summed E-state index contributed by atoms with van der Waals surface area (Å²) in [5.41, 5.74) is 0. The van der Waals surface area contributed by atoms with Crippen LogP contribution in [0.2, 0.25) is 0 Å². The topological polar surface area (TPSA) is 3.24 Å². The summed E-state index contributed by atoms with van der Waals surface area (Å²) >= 11 is 7.99. The van der Waals surface area contributed by atoms with Crippen LogP contribution in [0, 0.1) is 0 Å². The van der Waals surface area contributed by atoms with E-state index in [2.05, 4.69) is 83.8 Å². The summed E-state index contributed by atoms with van der Waals surface area (Å²) < 4.78 is 1.62. The van der Waals surface area contributed by atoms with Gasteiger partial charge >= 0.3 is 0.725 Å². The van der Waals surface area contributed by atoms with Crippen LogP contribution in [0.1, 0.15) is 33.1 Å². The summed E-state index contributed by atoms with van der Waals surface area (Å²) in [5, 5.41) is 0. The maximum atomic E-state index is 2.76. The zero-order valence-corrected chi connectivity index (χ0v) is 14.8. The quantitative estimate of drug-likeness (QED) is 0.287. The third-order valence-electron chi connectivity index (χ3n) is 2.49. The molecule has 1 heterocycles. The molecule has 0 aromatic carbocycles. The SMILES string of the molecule is CC1CCCC(C)N1[Si](I)(I)I. The van der Waals surface area contributed by atoms with Crippen molar-refractivity contribution in [3.63, 3.8) is 0 Å². The van der Waals surface area contributed by atoms with Gasteiger partial charge < -0.3 is 0 Å². The number of nitrogens with zero attached hydrogens (tertiary/aromatic N) is 1. The molecule has 0 aliphatic carbocycles. The minimum absolute atomic E-state index is 0.811. The van der Waals surface area contributed by atoms with E-state index in [1.807, 2.05) is 0 Å². The Hall–Kier alpha value is 2.37. The van der Waals surface area contributed by atoms with E-state index in [1.165, 1.54) is 19.3 Å². The van der Waals surface area contributed by atoms with Gasteiger partial charge in [0, 0.05) is 12.1 Å². The van der Waals surface area contributed by atoms with Gasteiger partial charge in [-0.05, 0) is 12.8 Å². The Labute approximate surface area is 114 Å². The number of piperidine rings is 1. The molecule has 2 atom stereocenters. The zero-order valence-electron chi connectivity index (χ0n) is 7.36. The molecule has 0 spiro atoms. The fourth-order valence-electron chi connectivity index (χ4n) is 1.92. The van der Waals surface area contributed by atoms with Gasteiger partial charge in [0.2, 0.25) is 0 Å². The molecule has 12 heavy (non-hydrogen) atoms. The Morgan fingerprint density at radius 3 is 1.75 bits per heavy atom. The van der Waals surface area contributed by atoms with Crippen molar-refractivity contribution in [3.05, 3.63) is 0 Å². The van der Waals surface area contributed by atoms with Gasteiger partial charge in [-0.3, -0.25) is 4.57 Å². The van der Waals surface area contributed by atoms with Gasteiger partial charge in [-0.25, -0.2) is 0 Å². The van der Waals surface area contributed by atoms with Crippen LogP contribution < -0.4 is 0 Å².